The molecule has 0 aliphatic carbocycles. The SMILES string of the molecule is CCCCC(=O)Nc1cnc(N(C)C)nc1. The van der Waals surface area contributed by atoms with Crippen LogP contribution in [0.2, 0.25) is 0 Å². The van der Waals surface area contributed by atoms with E-state index in [9.17, 15) is 4.79 Å². The summed E-state index contributed by atoms with van der Waals surface area (Å²) in [4.78, 5) is 21.4. The summed E-state index contributed by atoms with van der Waals surface area (Å²) >= 11 is 0. The Labute approximate surface area is 95.9 Å². The number of carbonyl (C=O) groups excluding carboxylic acids is 1. The van der Waals surface area contributed by atoms with E-state index in [0.29, 0.717) is 18.1 Å². The summed E-state index contributed by atoms with van der Waals surface area (Å²) in [6.07, 6.45) is 5.70. The highest BCUT2D eigenvalue weighted by molar-refractivity contribution is 5.90. The predicted molar refractivity (Wildman–Crippen MR) is 64.5 cm³/mol. The van der Waals surface area contributed by atoms with Crippen LogP contribution in [0.3, 0.4) is 0 Å². The van der Waals surface area contributed by atoms with Gasteiger partial charge in [-0.1, -0.05) is 13.3 Å². The number of rotatable bonds is 5. The Hall–Kier alpha value is -1.65. The molecular weight excluding hydrogens is 204 g/mol. The van der Waals surface area contributed by atoms with Gasteiger partial charge in [0.25, 0.3) is 0 Å². The van der Waals surface area contributed by atoms with Gasteiger partial charge in [0.2, 0.25) is 11.9 Å². The van der Waals surface area contributed by atoms with Crippen LogP contribution < -0.4 is 10.2 Å². The fraction of sp³-hybridized carbons (Fsp3) is 0.545. The first kappa shape index (κ1) is 12.4. The first-order valence-electron chi connectivity index (χ1n) is 5.42. The topological polar surface area (TPSA) is 58.1 Å². The van der Waals surface area contributed by atoms with E-state index in [1.54, 1.807) is 12.4 Å². The van der Waals surface area contributed by atoms with Crippen molar-refractivity contribution in [2.75, 3.05) is 24.3 Å². The molecule has 0 bridgehead atoms. The van der Waals surface area contributed by atoms with E-state index in [0.717, 1.165) is 12.8 Å². The van der Waals surface area contributed by atoms with Gasteiger partial charge in [-0.15, -0.1) is 0 Å². The molecule has 5 nitrogen and oxygen atoms in total. The molecule has 0 aromatic carbocycles. The van der Waals surface area contributed by atoms with Crippen LogP contribution in [-0.2, 0) is 4.79 Å². The summed E-state index contributed by atoms with van der Waals surface area (Å²) in [5.41, 5.74) is 0.645. The van der Waals surface area contributed by atoms with Crippen LogP contribution in [0.1, 0.15) is 26.2 Å². The smallest absolute Gasteiger partial charge is 0.224 e. The third-order valence-corrected chi connectivity index (χ3v) is 2.08. The van der Waals surface area contributed by atoms with E-state index in [1.165, 1.54) is 0 Å². The van der Waals surface area contributed by atoms with Crippen LogP contribution in [0, 0.1) is 0 Å². The van der Waals surface area contributed by atoms with Crippen molar-refractivity contribution in [2.24, 2.45) is 0 Å². The van der Waals surface area contributed by atoms with E-state index in [1.807, 2.05) is 19.0 Å². The third-order valence-electron chi connectivity index (χ3n) is 2.08. The minimum absolute atomic E-state index is 0.0167. The minimum Gasteiger partial charge on any atom is -0.347 e. The summed E-state index contributed by atoms with van der Waals surface area (Å²) in [6, 6.07) is 0. The van der Waals surface area contributed by atoms with Gasteiger partial charge in [-0.3, -0.25) is 4.79 Å². The van der Waals surface area contributed by atoms with Gasteiger partial charge < -0.3 is 10.2 Å². The lowest BCUT2D eigenvalue weighted by atomic mass is 10.2. The van der Waals surface area contributed by atoms with Crippen molar-refractivity contribution >= 4 is 17.5 Å². The number of hydrogen-bond donors (Lipinski definition) is 1. The zero-order valence-corrected chi connectivity index (χ0v) is 10.0. The molecule has 88 valence electrons. The Kier molecular flexibility index (Phi) is 4.69. The quantitative estimate of drug-likeness (QED) is 0.823. The Morgan fingerprint density at radius 2 is 2.00 bits per heavy atom. The summed E-state index contributed by atoms with van der Waals surface area (Å²) in [6.45, 7) is 2.06. The Morgan fingerprint density at radius 3 is 2.50 bits per heavy atom. The maximum Gasteiger partial charge on any atom is 0.224 e. The van der Waals surface area contributed by atoms with Crippen molar-refractivity contribution in [1.82, 2.24) is 9.97 Å². The van der Waals surface area contributed by atoms with E-state index in [4.69, 9.17) is 0 Å². The van der Waals surface area contributed by atoms with Crippen molar-refractivity contribution in [3.8, 4) is 0 Å². The molecule has 1 aromatic rings. The number of amides is 1. The zero-order chi connectivity index (χ0) is 12.0. The fourth-order valence-electron chi connectivity index (χ4n) is 1.18. The predicted octanol–water partition coefficient (Wildman–Crippen LogP) is 1.67. The molecule has 16 heavy (non-hydrogen) atoms. The second-order valence-electron chi connectivity index (χ2n) is 3.82. The van der Waals surface area contributed by atoms with Crippen molar-refractivity contribution in [3.63, 3.8) is 0 Å². The summed E-state index contributed by atoms with van der Waals surface area (Å²) < 4.78 is 0. The number of anilines is 2. The molecule has 1 rings (SSSR count). The standard InChI is InChI=1S/C11H18N4O/c1-4-5-6-10(16)14-9-7-12-11(13-8-9)15(2)3/h7-8H,4-6H2,1-3H3,(H,14,16). The molecular formula is C11H18N4O. The van der Waals surface area contributed by atoms with Crippen LogP contribution in [0.25, 0.3) is 0 Å². The molecule has 0 radical (unpaired) electrons. The first-order valence-corrected chi connectivity index (χ1v) is 5.42. The maximum absolute atomic E-state index is 11.4. The van der Waals surface area contributed by atoms with Gasteiger partial charge >= 0.3 is 0 Å². The van der Waals surface area contributed by atoms with Gasteiger partial charge in [0, 0.05) is 20.5 Å². The van der Waals surface area contributed by atoms with E-state index >= 15 is 0 Å². The monoisotopic (exact) mass is 222 g/mol. The van der Waals surface area contributed by atoms with Crippen molar-refractivity contribution in [2.45, 2.75) is 26.2 Å². The molecule has 0 fully saturated rings. The average Bonchev–Trinajstić information content (AvgIpc) is 2.27. The van der Waals surface area contributed by atoms with E-state index in [-0.39, 0.29) is 5.91 Å². The lowest BCUT2D eigenvalue weighted by Gasteiger charge is -2.10. The van der Waals surface area contributed by atoms with Gasteiger partial charge in [-0.2, -0.15) is 0 Å². The molecule has 0 aliphatic rings. The third kappa shape index (κ3) is 3.84. The Bertz CT molecular complexity index is 334. The molecule has 0 aliphatic heterocycles. The van der Waals surface area contributed by atoms with E-state index in [2.05, 4.69) is 22.2 Å². The molecule has 0 saturated carbocycles. The summed E-state index contributed by atoms with van der Waals surface area (Å²) in [5, 5.41) is 2.76. The minimum atomic E-state index is 0.0167. The number of nitrogens with one attached hydrogen (secondary N) is 1. The molecule has 0 atom stereocenters. The normalized spacial score (nSPS) is 9.94. The number of nitrogens with zero attached hydrogens (tertiary/aromatic N) is 3. The van der Waals surface area contributed by atoms with E-state index < -0.39 is 0 Å². The highest BCUT2D eigenvalue weighted by Crippen LogP contribution is 2.08. The van der Waals surface area contributed by atoms with Crippen LogP contribution in [0.15, 0.2) is 12.4 Å². The molecule has 1 heterocycles. The van der Waals surface area contributed by atoms with Crippen LogP contribution >= 0.6 is 0 Å². The van der Waals surface area contributed by atoms with Gasteiger partial charge in [-0.05, 0) is 6.42 Å². The first-order chi connectivity index (χ1) is 7.63. The largest absolute Gasteiger partial charge is 0.347 e. The molecule has 0 spiro atoms. The number of hydrogen-bond acceptors (Lipinski definition) is 4. The second kappa shape index (κ2) is 6.05. The van der Waals surface area contributed by atoms with Gasteiger partial charge in [-0.25, -0.2) is 9.97 Å². The summed E-state index contributed by atoms with van der Waals surface area (Å²) in [5.74, 6) is 0.648. The van der Waals surface area contributed by atoms with Crippen LogP contribution in [0.4, 0.5) is 11.6 Å². The highest BCUT2D eigenvalue weighted by atomic mass is 16.1. The Balaban J connectivity index is 2.51. The van der Waals surface area contributed by atoms with Crippen LogP contribution in [0.5, 0.6) is 0 Å². The van der Waals surface area contributed by atoms with Crippen molar-refractivity contribution < 1.29 is 4.79 Å². The zero-order valence-electron chi connectivity index (χ0n) is 10.0. The molecule has 5 heteroatoms. The Morgan fingerprint density at radius 1 is 1.38 bits per heavy atom. The fourth-order valence-corrected chi connectivity index (χ4v) is 1.18. The summed E-state index contributed by atoms with van der Waals surface area (Å²) in [7, 11) is 3.74. The van der Waals surface area contributed by atoms with Gasteiger partial charge in [0.15, 0.2) is 0 Å². The van der Waals surface area contributed by atoms with Crippen molar-refractivity contribution in [3.05, 3.63) is 12.4 Å². The molecule has 0 saturated heterocycles. The number of aromatic nitrogens is 2. The second-order valence-corrected chi connectivity index (χ2v) is 3.82. The number of carbonyl (C=O) groups is 1. The van der Waals surface area contributed by atoms with Crippen molar-refractivity contribution in [1.29, 1.82) is 0 Å². The molecule has 1 aromatic heterocycles. The maximum atomic E-state index is 11.4. The lowest BCUT2D eigenvalue weighted by Crippen LogP contribution is -2.14. The van der Waals surface area contributed by atoms with Gasteiger partial charge in [0.05, 0.1) is 18.1 Å². The highest BCUT2D eigenvalue weighted by Gasteiger charge is 2.03. The lowest BCUT2D eigenvalue weighted by molar-refractivity contribution is -0.116. The number of unbranched alkanes of at least 4 members (excludes halogenated alkanes) is 1. The molecule has 0 unspecified atom stereocenters. The molecule has 1 N–H and O–H groups in total. The van der Waals surface area contributed by atoms with Crippen LogP contribution in [-0.4, -0.2) is 30.0 Å². The molecule has 1 amide bonds. The van der Waals surface area contributed by atoms with Gasteiger partial charge in [0.1, 0.15) is 0 Å². The average molecular weight is 222 g/mol.